The van der Waals surface area contributed by atoms with E-state index in [0.717, 1.165) is 51.3 Å². The molecule has 0 aromatic carbocycles. The molecule has 118 valence electrons. The van der Waals surface area contributed by atoms with E-state index in [1.54, 1.807) is 0 Å². The lowest BCUT2D eigenvalue weighted by molar-refractivity contribution is 0.0782. The summed E-state index contributed by atoms with van der Waals surface area (Å²) in [5.41, 5.74) is 1.17. The molecule has 0 saturated carbocycles. The molecule has 1 aromatic rings. The lowest BCUT2D eigenvalue weighted by Gasteiger charge is -2.35. The van der Waals surface area contributed by atoms with Crippen LogP contribution in [0.15, 0.2) is 6.20 Å². The topological polar surface area (TPSA) is 64.4 Å². The zero-order valence-corrected chi connectivity index (χ0v) is 13.3. The number of nitrogens with zero attached hydrogens (tertiary/aromatic N) is 3. The van der Waals surface area contributed by atoms with Gasteiger partial charge in [0, 0.05) is 31.6 Å². The Balaban J connectivity index is 1.74. The number of hydrogen-bond acceptors (Lipinski definition) is 5. The number of ether oxygens (including phenoxy) is 1. The molecule has 6 nitrogen and oxygen atoms in total. The summed E-state index contributed by atoms with van der Waals surface area (Å²) < 4.78 is 30.9. The molecule has 0 amide bonds. The van der Waals surface area contributed by atoms with E-state index in [9.17, 15) is 8.42 Å². The molecular weight excluding hydrogens is 290 g/mol. The number of imidazole rings is 1. The average Bonchev–Trinajstić information content (AvgIpc) is 2.83. The molecule has 0 bridgehead atoms. The number of fused-ring (bicyclic) bond motifs is 1. The van der Waals surface area contributed by atoms with Crippen LogP contribution in [0.1, 0.15) is 30.8 Å². The second kappa shape index (κ2) is 6.06. The van der Waals surface area contributed by atoms with Gasteiger partial charge in [-0.3, -0.25) is 4.90 Å². The van der Waals surface area contributed by atoms with Crippen molar-refractivity contribution in [3.05, 3.63) is 17.7 Å². The van der Waals surface area contributed by atoms with Gasteiger partial charge in [0.25, 0.3) is 0 Å². The van der Waals surface area contributed by atoms with Gasteiger partial charge in [0.1, 0.15) is 22.3 Å². The summed E-state index contributed by atoms with van der Waals surface area (Å²) in [6.07, 6.45) is 6.48. The summed E-state index contributed by atoms with van der Waals surface area (Å²) in [7, 11) is -2.94. The van der Waals surface area contributed by atoms with Gasteiger partial charge in [-0.25, -0.2) is 13.4 Å². The second-order valence-electron chi connectivity index (χ2n) is 6.08. The number of piperidine rings is 1. The minimum atomic E-state index is -2.94. The monoisotopic (exact) mass is 313 g/mol. The normalized spacial score (nSPS) is 24.0. The Morgan fingerprint density at radius 2 is 2.24 bits per heavy atom. The van der Waals surface area contributed by atoms with Crippen molar-refractivity contribution in [1.29, 1.82) is 0 Å². The molecule has 3 rings (SSSR count). The van der Waals surface area contributed by atoms with Gasteiger partial charge in [-0.2, -0.15) is 0 Å². The average molecular weight is 313 g/mol. The molecule has 21 heavy (non-hydrogen) atoms. The highest BCUT2D eigenvalue weighted by Crippen LogP contribution is 2.22. The number of aromatic nitrogens is 2. The molecule has 0 N–H and O–H groups in total. The fraction of sp³-hybridized carbons (Fsp3) is 0.786. The summed E-state index contributed by atoms with van der Waals surface area (Å²) in [6, 6.07) is 0.139. The Morgan fingerprint density at radius 1 is 1.38 bits per heavy atom. The maximum Gasteiger partial charge on any atom is 0.148 e. The number of sulfone groups is 1. The molecule has 3 heterocycles. The molecule has 1 atom stereocenters. The fourth-order valence-electron chi connectivity index (χ4n) is 3.30. The lowest BCUT2D eigenvalue weighted by Crippen LogP contribution is -2.43. The third-order valence-electron chi connectivity index (χ3n) is 4.32. The van der Waals surface area contributed by atoms with E-state index in [1.807, 2.05) is 6.20 Å². The van der Waals surface area contributed by atoms with Gasteiger partial charge in [0.05, 0.1) is 18.1 Å². The lowest BCUT2D eigenvalue weighted by atomic mass is 10.0. The highest BCUT2D eigenvalue weighted by atomic mass is 32.2. The van der Waals surface area contributed by atoms with Gasteiger partial charge < -0.3 is 9.30 Å². The first-order chi connectivity index (χ1) is 10.0. The third kappa shape index (κ3) is 3.64. The van der Waals surface area contributed by atoms with Crippen molar-refractivity contribution in [3.63, 3.8) is 0 Å². The van der Waals surface area contributed by atoms with E-state index in [2.05, 4.69) is 14.5 Å². The van der Waals surface area contributed by atoms with E-state index in [1.165, 1.54) is 11.9 Å². The summed E-state index contributed by atoms with van der Waals surface area (Å²) in [4.78, 5) is 6.72. The standard InChI is InChI=1S/C14H23N3O3S/c1-21(18,19)11-12-4-2-3-5-16(12)9-13-8-15-14-10-20-7-6-17(13)14/h8,12H,2-7,9-11H2,1H3. The second-order valence-corrected chi connectivity index (χ2v) is 8.27. The summed E-state index contributed by atoms with van der Waals surface area (Å²) >= 11 is 0. The summed E-state index contributed by atoms with van der Waals surface area (Å²) in [5, 5.41) is 0. The van der Waals surface area contributed by atoms with E-state index >= 15 is 0 Å². The van der Waals surface area contributed by atoms with Crippen LogP contribution in [0, 0.1) is 0 Å². The van der Waals surface area contributed by atoms with Gasteiger partial charge in [-0.05, 0) is 19.4 Å². The van der Waals surface area contributed by atoms with Crippen LogP contribution in [0.25, 0.3) is 0 Å². The van der Waals surface area contributed by atoms with Crippen molar-refractivity contribution in [2.24, 2.45) is 0 Å². The Bertz CT molecular complexity index is 597. The predicted octanol–water partition coefficient (Wildman–Crippen LogP) is 0.812. The van der Waals surface area contributed by atoms with Gasteiger partial charge in [0.2, 0.25) is 0 Å². The van der Waals surface area contributed by atoms with Gasteiger partial charge in [-0.15, -0.1) is 0 Å². The predicted molar refractivity (Wildman–Crippen MR) is 79.6 cm³/mol. The van der Waals surface area contributed by atoms with E-state index in [0.29, 0.717) is 6.61 Å². The van der Waals surface area contributed by atoms with Gasteiger partial charge in [0.15, 0.2) is 0 Å². The smallest absolute Gasteiger partial charge is 0.148 e. The molecule has 1 saturated heterocycles. The maximum atomic E-state index is 11.6. The van der Waals surface area contributed by atoms with Crippen molar-refractivity contribution in [2.45, 2.75) is 45.0 Å². The Labute approximate surface area is 126 Å². The number of rotatable bonds is 4. The van der Waals surface area contributed by atoms with Crippen LogP contribution >= 0.6 is 0 Å². The Morgan fingerprint density at radius 3 is 3.05 bits per heavy atom. The molecule has 1 fully saturated rings. The molecule has 0 spiro atoms. The highest BCUT2D eigenvalue weighted by molar-refractivity contribution is 7.90. The third-order valence-corrected chi connectivity index (χ3v) is 5.31. The van der Waals surface area contributed by atoms with Crippen LogP contribution in [0.4, 0.5) is 0 Å². The first-order valence-corrected chi connectivity index (χ1v) is 9.62. The Kier molecular flexibility index (Phi) is 4.33. The van der Waals surface area contributed by atoms with Crippen LogP contribution in [0.2, 0.25) is 0 Å². The minimum absolute atomic E-state index is 0.139. The largest absolute Gasteiger partial charge is 0.372 e. The molecule has 7 heteroatoms. The first kappa shape index (κ1) is 15.0. The van der Waals surface area contributed by atoms with Crippen LogP contribution in [-0.4, -0.2) is 54.1 Å². The first-order valence-electron chi connectivity index (χ1n) is 7.56. The number of likely N-dealkylation sites (tertiary alicyclic amines) is 1. The summed E-state index contributed by atoms with van der Waals surface area (Å²) in [5.74, 6) is 1.24. The molecular formula is C14H23N3O3S. The quantitative estimate of drug-likeness (QED) is 0.823. The van der Waals surface area contributed by atoms with Crippen molar-refractivity contribution >= 4 is 9.84 Å². The van der Waals surface area contributed by atoms with Crippen LogP contribution < -0.4 is 0 Å². The van der Waals surface area contributed by atoms with Crippen LogP contribution in [0.5, 0.6) is 0 Å². The molecule has 1 aromatic heterocycles. The van der Waals surface area contributed by atoms with Gasteiger partial charge in [-0.1, -0.05) is 6.42 Å². The zero-order chi connectivity index (χ0) is 14.9. The van der Waals surface area contributed by atoms with Crippen molar-refractivity contribution in [3.8, 4) is 0 Å². The molecule has 1 unspecified atom stereocenters. The minimum Gasteiger partial charge on any atom is -0.372 e. The van der Waals surface area contributed by atoms with E-state index < -0.39 is 9.84 Å². The molecule has 2 aliphatic rings. The highest BCUT2D eigenvalue weighted by Gasteiger charge is 2.27. The van der Waals surface area contributed by atoms with Crippen molar-refractivity contribution in [1.82, 2.24) is 14.5 Å². The van der Waals surface area contributed by atoms with Crippen molar-refractivity contribution in [2.75, 3.05) is 25.2 Å². The van der Waals surface area contributed by atoms with Crippen LogP contribution in [-0.2, 0) is 34.3 Å². The SMILES string of the molecule is CS(=O)(=O)CC1CCCCN1Cc1cnc2n1CCOC2. The van der Waals surface area contributed by atoms with Crippen LogP contribution in [0.3, 0.4) is 0 Å². The zero-order valence-electron chi connectivity index (χ0n) is 12.5. The molecule has 2 aliphatic heterocycles. The molecule has 0 aliphatic carbocycles. The Hall–Kier alpha value is -0.920. The van der Waals surface area contributed by atoms with Gasteiger partial charge >= 0.3 is 0 Å². The van der Waals surface area contributed by atoms with Crippen molar-refractivity contribution < 1.29 is 13.2 Å². The van der Waals surface area contributed by atoms with E-state index in [-0.39, 0.29) is 11.8 Å². The summed E-state index contributed by atoms with van der Waals surface area (Å²) in [6.45, 7) is 3.90. The maximum absolute atomic E-state index is 11.6. The fourth-order valence-corrected chi connectivity index (χ4v) is 4.38. The van der Waals surface area contributed by atoms with E-state index in [4.69, 9.17) is 4.74 Å². The molecule has 0 radical (unpaired) electrons. The number of hydrogen-bond donors (Lipinski definition) is 0.